The van der Waals surface area contributed by atoms with E-state index in [9.17, 15) is 4.79 Å². The van der Waals surface area contributed by atoms with Crippen molar-refractivity contribution in [3.05, 3.63) is 17.1 Å². The van der Waals surface area contributed by atoms with Crippen LogP contribution in [0.3, 0.4) is 0 Å². The summed E-state index contributed by atoms with van der Waals surface area (Å²) in [6.45, 7) is 0. The van der Waals surface area contributed by atoms with Gasteiger partial charge in [0.05, 0.1) is 11.8 Å². The van der Waals surface area contributed by atoms with Crippen molar-refractivity contribution in [2.45, 2.75) is 0 Å². The highest BCUT2D eigenvalue weighted by atomic mass is 32.1. The van der Waals surface area contributed by atoms with Crippen molar-refractivity contribution in [2.24, 2.45) is 5.73 Å². The van der Waals surface area contributed by atoms with Crippen LogP contribution < -0.4 is 5.73 Å². The molecule has 4 heteroatoms. The average molecular weight is 152 g/mol. The van der Waals surface area contributed by atoms with Crippen LogP contribution in [0.2, 0.25) is 0 Å². The lowest BCUT2D eigenvalue weighted by Crippen LogP contribution is -2.05. The fourth-order valence-electron chi connectivity index (χ4n) is 0.400. The summed E-state index contributed by atoms with van der Waals surface area (Å²) in [4.78, 5) is 10.1. The van der Waals surface area contributed by atoms with Crippen LogP contribution in [-0.2, 0) is 4.79 Å². The van der Waals surface area contributed by atoms with Crippen LogP contribution >= 0.6 is 11.5 Å². The molecule has 0 aliphatic heterocycles. The maximum atomic E-state index is 10.1. The van der Waals surface area contributed by atoms with E-state index < -0.39 is 5.91 Å². The number of carbonyl (C=O) groups excluding carboxylic acids is 1. The maximum absolute atomic E-state index is 10.1. The molecule has 50 valence electrons. The quantitative estimate of drug-likeness (QED) is 0.531. The van der Waals surface area contributed by atoms with Gasteiger partial charge in [-0.1, -0.05) is 5.92 Å². The van der Waals surface area contributed by atoms with Crippen LogP contribution in [0.1, 0.15) is 5.56 Å². The minimum absolute atomic E-state index is 0.619. The number of rotatable bonds is 0. The number of hydrogen-bond acceptors (Lipinski definition) is 3. The zero-order valence-corrected chi connectivity index (χ0v) is 5.81. The lowest BCUT2D eigenvalue weighted by Gasteiger charge is -1.72. The second-order valence-corrected chi connectivity index (χ2v) is 2.18. The van der Waals surface area contributed by atoms with Gasteiger partial charge in [0.2, 0.25) is 0 Å². The Morgan fingerprint density at radius 2 is 2.60 bits per heavy atom. The zero-order valence-electron chi connectivity index (χ0n) is 5.00. The summed E-state index contributed by atoms with van der Waals surface area (Å²) >= 11 is 1.29. The predicted octanol–water partition coefficient (Wildman–Crippen LogP) is -0.0201. The molecule has 0 radical (unpaired) electrons. The van der Waals surface area contributed by atoms with Crippen molar-refractivity contribution in [1.29, 1.82) is 0 Å². The Morgan fingerprint density at radius 1 is 1.80 bits per heavy atom. The van der Waals surface area contributed by atoms with Crippen molar-refractivity contribution < 1.29 is 4.79 Å². The highest BCUT2D eigenvalue weighted by Crippen LogP contribution is 1.97. The molecule has 3 nitrogen and oxygen atoms in total. The van der Waals surface area contributed by atoms with Crippen molar-refractivity contribution in [3.63, 3.8) is 0 Å². The lowest BCUT2D eigenvalue weighted by atomic mass is 10.4. The van der Waals surface area contributed by atoms with Gasteiger partial charge >= 0.3 is 0 Å². The largest absolute Gasteiger partial charge is 0.359 e. The standard InChI is InChI=1S/C6H4N2OS/c7-6(9)2-1-5-3-8-10-4-5/h3-4H,(H2,7,9). The van der Waals surface area contributed by atoms with E-state index in [0.29, 0.717) is 0 Å². The zero-order chi connectivity index (χ0) is 7.40. The molecule has 0 saturated heterocycles. The fraction of sp³-hybridized carbons (Fsp3) is 0. The van der Waals surface area contributed by atoms with Gasteiger partial charge in [-0.05, 0) is 11.5 Å². The summed E-state index contributed by atoms with van der Waals surface area (Å²) in [5.41, 5.74) is 5.51. The number of carbonyl (C=O) groups is 1. The van der Waals surface area contributed by atoms with Gasteiger partial charge in [0.15, 0.2) is 0 Å². The Balaban J connectivity index is 2.75. The third-order valence-corrected chi connectivity index (χ3v) is 1.35. The predicted molar refractivity (Wildman–Crippen MR) is 38.2 cm³/mol. The third kappa shape index (κ3) is 1.88. The van der Waals surface area contributed by atoms with Gasteiger partial charge in [-0.3, -0.25) is 4.79 Å². The summed E-state index contributed by atoms with van der Waals surface area (Å²) in [5.74, 6) is 4.13. The van der Waals surface area contributed by atoms with Crippen molar-refractivity contribution in [1.82, 2.24) is 4.37 Å². The topological polar surface area (TPSA) is 56.0 Å². The van der Waals surface area contributed by atoms with E-state index in [-0.39, 0.29) is 0 Å². The van der Waals surface area contributed by atoms with Gasteiger partial charge in [-0.15, -0.1) is 0 Å². The molecule has 0 bridgehead atoms. The highest BCUT2D eigenvalue weighted by molar-refractivity contribution is 7.03. The number of amides is 1. The molecule has 0 aliphatic rings. The monoisotopic (exact) mass is 152 g/mol. The maximum Gasteiger partial charge on any atom is 0.293 e. The van der Waals surface area contributed by atoms with Crippen LogP contribution in [0.15, 0.2) is 11.6 Å². The van der Waals surface area contributed by atoms with Crippen LogP contribution in [0, 0.1) is 11.8 Å². The van der Waals surface area contributed by atoms with Gasteiger partial charge in [0, 0.05) is 11.3 Å². The molecular formula is C6H4N2OS. The van der Waals surface area contributed by atoms with E-state index in [0.717, 1.165) is 5.56 Å². The molecule has 2 N–H and O–H groups in total. The third-order valence-electron chi connectivity index (χ3n) is 0.762. The molecule has 1 aromatic heterocycles. The van der Waals surface area contributed by atoms with Crippen molar-refractivity contribution >= 4 is 17.4 Å². The fourth-order valence-corrected chi connectivity index (χ4v) is 0.869. The summed E-state index contributed by atoms with van der Waals surface area (Å²) < 4.78 is 3.79. The summed E-state index contributed by atoms with van der Waals surface area (Å²) in [7, 11) is 0. The average Bonchev–Trinajstić information content (AvgIpc) is 2.34. The van der Waals surface area contributed by atoms with E-state index in [1.54, 1.807) is 11.6 Å². The first-order valence-electron chi connectivity index (χ1n) is 2.50. The van der Waals surface area contributed by atoms with Gasteiger partial charge in [-0.25, -0.2) is 0 Å². The molecule has 1 aromatic rings. The minimum atomic E-state index is -0.619. The second-order valence-electron chi connectivity index (χ2n) is 1.53. The minimum Gasteiger partial charge on any atom is -0.359 e. The van der Waals surface area contributed by atoms with Crippen molar-refractivity contribution in [2.75, 3.05) is 0 Å². The van der Waals surface area contributed by atoms with Crippen LogP contribution in [-0.4, -0.2) is 10.3 Å². The van der Waals surface area contributed by atoms with Gasteiger partial charge < -0.3 is 5.73 Å². The molecule has 1 amide bonds. The molecule has 10 heavy (non-hydrogen) atoms. The summed E-state index contributed by atoms with van der Waals surface area (Å²) in [6.07, 6.45) is 1.58. The first-order chi connectivity index (χ1) is 4.79. The normalized spacial score (nSPS) is 8.00. The Bertz CT molecular complexity index is 280. The molecule has 0 fully saturated rings. The Morgan fingerprint density at radius 3 is 3.10 bits per heavy atom. The number of hydrogen-bond donors (Lipinski definition) is 1. The first kappa shape index (κ1) is 6.78. The number of nitrogens with zero attached hydrogens (tertiary/aromatic N) is 1. The Labute approximate surface area is 62.0 Å². The molecule has 0 atom stereocenters. The van der Waals surface area contributed by atoms with Gasteiger partial charge in [-0.2, -0.15) is 4.37 Å². The smallest absolute Gasteiger partial charge is 0.293 e. The summed E-state index contributed by atoms with van der Waals surface area (Å²) in [6, 6.07) is 0. The molecular weight excluding hydrogens is 148 g/mol. The molecule has 0 spiro atoms. The first-order valence-corrected chi connectivity index (χ1v) is 3.33. The van der Waals surface area contributed by atoms with E-state index in [2.05, 4.69) is 16.2 Å². The molecule has 1 heterocycles. The lowest BCUT2D eigenvalue weighted by molar-refractivity contribution is -0.112. The van der Waals surface area contributed by atoms with Gasteiger partial charge in [0.25, 0.3) is 5.91 Å². The number of nitrogens with two attached hydrogens (primary N) is 1. The SMILES string of the molecule is NC(=O)C#Cc1cnsc1. The molecule has 0 aromatic carbocycles. The second kappa shape index (κ2) is 2.99. The van der Waals surface area contributed by atoms with Gasteiger partial charge in [0.1, 0.15) is 0 Å². The van der Waals surface area contributed by atoms with E-state index in [4.69, 9.17) is 5.73 Å². The molecule has 0 saturated carbocycles. The van der Waals surface area contributed by atoms with Crippen LogP contribution in [0.25, 0.3) is 0 Å². The van der Waals surface area contributed by atoms with E-state index in [1.807, 2.05) is 0 Å². The van der Waals surface area contributed by atoms with Crippen LogP contribution in [0.4, 0.5) is 0 Å². The van der Waals surface area contributed by atoms with E-state index in [1.165, 1.54) is 11.5 Å². The molecule has 0 unspecified atom stereocenters. The Hall–Kier alpha value is -1.34. The number of primary amides is 1. The highest BCUT2D eigenvalue weighted by Gasteiger charge is 1.85. The van der Waals surface area contributed by atoms with Crippen molar-refractivity contribution in [3.8, 4) is 11.8 Å². The number of aromatic nitrogens is 1. The summed E-state index contributed by atoms with van der Waals surface area (Å²) in [5, 5.41) is 1.75. The van der Waals surface area contributed by atoms with Crippen LogP contribution in [0.5, 0.6) is 0 Å². The van der Waals surface area contributed by atoms with E-state index >= 15 is 0 Å². The Kier molecular flexibility index (Phi) is 2.03. The molecule has 1 rings (SSSR count). The molecule has 0 aliphatic carbocycles.